The van der Waals surface area contributed by atoms with Gasteiger partial charge in [-0.2, -0.15) is 0 Å². The molecule has 0 radical (unpaired) electrons. The molecule has 1 unspecified atom stereocenters. The molecule has 0 spiro atoms. The van der Waals surface area contributed by atoms with Crippen molar-refractivity contribution in [1.29, 1.82) is 0 Å². The Hall–Kier alpha value is -2.12. The molecule has 0 saturated carbocycles. The van der Waals surface area contributed by atoms with Crippen molar-refractivity contribution in [1.82, 2.24) is 14.4 Å². The topological polar surface area (TPSA) is 54.8 Å². The lowest BCUT2D eigenvalue weighted by molar-refractivity contribution is -0.133. The first-order valence-corrected chi connectivity index (χ1v) is 10.3. The number of nitrogens with zero attached hydrogens (tertiary/aromatic N) is 3. The van der Waals surface area contributed by atoms with Gasteiger partial charge in [-0.3, -0.25) is 14.5 Å². The third-order valence-electron chi connectivity index (χ3n) is 5.30. The minimum Gasteiger partial charge on any atom is -0.497 e. The van der Waals surface area contributed by atoms with Crippen LogP contribution in [0.4, 0.5) is 0 Å². The second kappa shape index (κ2) is 9.39. The van der Waals surface area contributed by atoms with Crippen molar-refractivity contribution in [2.45, 2.75) is 25.9 Å². The van der Waals surface area contributed by atoms with Gasteiger partial charge in [-0.05, 0) is 46.6 Å². The summed E-state index contributed by atoms with van der Waals surface area (Å²) in [6, 6.07) is 11.6. The van der Waals surface area contributed by atoms with Crippen LogP contribution in [-0.4, -0.2) is 53.6 Å². The summed E-state index contributed by atoms with van der Waals surface area (Å²) >= 11 is 3.36. The van der Waals surface area contributed by atoms with Gasteiger partial charge in [-0.15, -0.1) is 0 Å². The largest absolute Gasteiger partial charge is 0.497 e. The Balaban J connectivity index is 1.52. The molecule has 0 bridgehead atoms. The van der Waals surface area contributed by atoms with Crippen molar-refractivity contribution in [3.63, 3.8) is 0 Å². The van der Waals surface area contributed by atoms with Crippen LogP contribution in [0.5, 0.6) is 5.75 Å². The number of hydrogen-bond acceptors (Lipinski definition) is 4. The van der Waals surface area contributed by atoms with Crippen LogP contribution >= 0.6 is 15.9 Å². The number of pyridine rings is 1. The Labute approximate surface area is 173 Å². The van der Waals surface area contributed by atoms with Gasteiger partial charge < -0.3 is 14.2 Å². The quantitative estimate of drug-likeness (QED) is 0.682. The molecule has 1 atom stereocenters. The van der Waals surface area contributed by atoms with Gasteiger partial charge in [0.15, 0.2) is 0 Å². The van der Waals surface area contributed by atoms with Crippen molar-refractivity contribution in [3.8, 4) is 5.75 Å². The van der Waals surface area contributed by atoms with Gasteiger partial charge in [-0.1, -0.05) is 12.1 Å². The molecular weight excluding hydrogens is 422 g/mol. The Morgan fingerprint density at radius 2 is 1.93 bits per heavy atom. The monoisotopic (exact) mass is 447 g/mol. The molecule has 1 saturated heterocycles. The van der Waals surface area contributed by atoms with Crippen LogP contribution in [0, 0.1) is 0 Å². The van der Waals surface area contributed by atoms with Gasteiger partial charge in [0, 0.05) is 61.9 Å². The number of amides is 1. The van der Waals surface area contributed by atoms with Crippen LogP contribution in [0.3, 0.4) is 0 Å². The number of aryl methyl sites for hydroxylation is 1. The number of ether oxygens (including phenoxy) is 1. The molecule has 1 fully saturated rings. The molecule has 1 aromatic carbocycles. The number of carbonyl (C=O) groups is 1. The summed E-state index contributed by atoms with van der Waals surface area (Å²) in [6.07, 6.45) is 2.06. The number of benzene rings is 1. The Morgan fingerprint density at radius 3 is 2.64 bits per heavy atom. The molecule has 3 rings (SSSR count). The molecule has 150 valence electrons. The van der Waals surface area contributed by atoms with Crippen molar-refractivity contribution in [2.75, 3.05) is 33.3 Å². The molecular formula is C21H26BrN3O3. The van der Waals surface area contributed by atoms with E-state index in [0.717, 1.165) is 23.3 Å². The van der Waals surface area contributed by atoms with Gasteiger partial charge in [-0.25, -0.2) is 0 Å². The van der Waals surface area contributed by atoms with Gasteiger partial charge >= 0.3 is 0 Å². The second-order valence-corrected chi connectivity index (χ2v) is 7.91. The minimum absolute atomic E-state index is 0.0899. The molecule has 7 heteroatoms. The first kappa shape index (κ1) is 20.6. The maximum Gasteiger partial charge on any atom is 0.250 e. The fourth-order valence-corrected chi connectivity index (χ4v) is 3.90. The van der Waals surface area contributed by atoms with Crippen molar-refractivity contribution < 1.29 is 9.53 Å². The third-order valence-corrected chi connectivity index (χ3v) is 5.77. The zero-order chi connectivity index (χ0) is 20.1. The molecule has 0 N–H and O–H groups in total. The van der Waals surface area contributed by atoms with Crippen LogP contribution in [0.2, 0.25) is 0 Å². The standard InChI is InChI=1S/C21H26BrN3O3/c1-16(17-4-3-5-19(14-17)28-2)23-10-12-24(13-11-23)21(27)8-9-25-15-18(22)6-7-20(25)26/h3-7,14-16H,8-13H2,1-2H3. The summed E-state index contributed by atoms with van der Waals surface area (Å²) in [7, 11) is 1.68. The summed E-state index contributed by atoms with van der Waals surface area (Å²) < 4.78 is 7.73. The predicted octanol–water partition coefficient (Wildman–Crippen LogP) is 2.91. The van der Waals surface area contributed by atoms with E-state index in [2.05, 4.69) is 39.9 Å². The van der Waals surface area contributed by atoms with E-state index in [1.807, 2.05) is 17.0 Å². The first-order chi connectivity index (χ1) is 13.5. The highest BCUT2D eigenvalue weighted by atomic mass is 79.9. The average molecular weight is 448 g/mol. The van der Waals surface area contributed by atoms with E-state index in [1.54, 1.807) is 23.9 Å². The highest BCUT2D eigenvalue weighted by molar-refractivity contribution is 9.10. The summed E-state index contributed by atoms with van der Waals surface area (Å²) in [5.74, 6) is 0.960. The summed E-state index contributed by atoms with van der Waals surface area (Å²) in [6.45, 7) is 5.67. The molecule has 1 aliphatic rings. The molecule has 2 aromatic rings. The SMILES string of the molecule is COc1cccc(C(C)N2CCN(C(=O)CCn3cc(Br)ccc3=O)CC2)c1. The van der Waals surface area contributed by atoms with Crippen molar-refractivity contribution >= 4 is 21.8 Å². The van der Waals surface area contributed by atoms with E-state index in [0.29, 0.717) is 26.1 Å². The highest BCUT2D eigenvalue weighted by Gasteiger charge is 2.24. The van der Waals surface area contributed by atoms with Crippen LogP contribution in [0.25, 0.3) is 0 Å². The van der Waals surface area contributed by atoms with Gasteiger partial charge in [0.05, 0.1) is 7.11 Å². The normalized spacial score (nSPS) is 16.0. The van der Waals surface area contributed by atoms with Gasteiger partial charge in [0.1, 0.15) is 5.75 Å². The Morgan fingerprint density at radius 1 is 1.18 bits per heavy atom. The number of carbonyl (C=O) groups excluding carboxylic acids is 1. The first-order valence-electron chi connectivity index (χ1n) is 9.49. The number of methoxy groups -OCH3 is 1. The zero-order valence-electron chi connectivity index (χ0n) is 16.3. The van der Waals surface area contributed by atoms with E-state index in [1.165, 1.54) is 11.6 Å². The number of halogens is 1. The lowest BCUT2D eigenvalue weighted by atomic mass is 10.1. The second-order valence-electron chi connectivity index (χ2n) is 7.00. The maximum absolute atomic E-state index is 12.6. The molecule has 6 nitrogen and oxygen atoms in total. The van der Waals surface area contributed by atoms with Gasteiger partial charge in [0.25, 0.3) is 5.56 Å². The number of hydrogen-bond donors (Lipinski definition) is 0. The van der Waals surface area contributed by atoms with Crippen LogP contribution in [0.1, 0.15) is 24.9 Å². The van der Waals surface area contributed by atoms with E-state index in [-0.39, 0.29) is 17.5 Å². The van der Waals surface area contributed by atoms with Crippen molar-refractivity contribution in [2.24, 2.45) is 0 Å². The predicted molar refractivity (Wildman–Crippen MR) is 113 cm³/mol. The Kier molecular flexibility index (Phi) is 6.91. The fraction of sp³-hybridized carbons (Fsp3) is 0.429. The third kappa shape index (κ3) is 5.02. The average Bonchev–Trinajstić information content (AvgIpc) is 2.73. The smallest absolute Gasteiger partial charge is 0.250 e. The summed E-state index contributed by atoms with van der Waals surface area (Å²) in [4.78, 5) is 28.7. The van der Waals surface area contributed by atoms with E-state index in [4.69, 9.17) is 4.74 Å². The van der Waals surface area contributed by atoms with Gasteiger partial charge in [0.2, 0.25) is 5.91 Å². The summed E-state index contributed by atoms with van der Waals surface area (Å²) in [5.41, 5.74) is 1.13. The molecule has 1 aromatic heterocycles. The fourth-order valence-electron chi connectivity index (χ4n) is 3.52. The lowest BCUT2D eigenvalue weighted by Crippen LogP contribution is -2.49. The highest BCUT2D eigenvalue weighted by Crippen LogP contribution is 2.25. The molecule has 1 aliphatic heterocycles. The summed E-state index contributed by atoms with van der Waals surface area (Å²) in [5, 5.41) is 0. The zero-order valence-corrected chi connectivity index (χ0v) is 17.9. The number of aromatic nitrogens is 1. The molecule has 28 heavy (non-hydrogen) atoms. The van der Waals surface area contributed by atoms with Crippen molar-refractivity contribution in [3.05, 3.63) is 63.0 Å². The lowest BCUT2D eigenvalue weighted by Gasteiger charge is -2.38. The molecule has 0 aliphatic carbocycles. The maximum atomic E-state index is 12.6. The Bertz CT molecular complexity index is 875. The van der Waals surface area contributed by atoms with Crippen LogP contribution < -0.4 is 10.3 Å². The van der Waals surface area contributed by atoms with Crippen LogP contribution in [-0.2, 0) is 11.3 Å². The van der Waals surface area contributed by atoms with E-state index < -0.39 is 0 Å². The minimum atomic E-state index is -0.0899. The number of piperazine rings is 1. The number of rotatable bonds is 6. The van der Waals surface area contributed by atoms with E-state index >= 15 is 0 Å². The molecule has 2 heterocycles. The molecule has 1 amide bonds. The van der Waals surface area contributed by atoms with Crippen LogP contribution in [0.15, 0.2) is 51.9 Å². The van der Waals surface area contributed by atoms with E-state index in [9.17, 15) is 9.59 Å².